The summed E-state index contributed by atoms with van der Waals surface area (Å²) in [4.78, 5) is 55.9. The number of carbonyl (C=O) groups excluding carboxylic acids is 4. The molecule has 0 saturated carbocycles. The van der Waals surface area contributed by atoms with Crippen LogP contribution in [-0.4, -0.2) is 35.1 Å². The zero-order valence-electron chi connectivity index (χ0n) is 18.2. The normalized spacial score (nSPS) is 15.3. The lowest BCUT2D eigenvalue weighted by Gasteiger charge is -2.33. The molecule has 33 heavy (non-hydrogen) atoms. The molecule has 2 aliphatic heterocycles. The Balaban J connectivity index is 1.67. The maximum atomic E-state index is 13.4. The fourth-order valence-corrected chi connectivity index (χ4v) is 5.08. The second-order valence-electron chi connectivity index (χ2n) is 8.40. The highest BCUT2D eigenvalue weighted by atomic mass is 127. The molecule has 0 aliphatic carbocycles. The molecule has 0 bridgehead atoms. The van der Waals surface area contributed by atoms with Crippen LogP contribution in [0.25, 0.3) is 10.8 Å². The van der Waals surface area contributed by atoms with Gasteiger partial charge in [-0.1, -0.05) is 26.7 Å². The van der Waals surface area contributed by atoms with Crippen LogP contribution in [0.5, 0.6) is 0 Å². The number of rotatable bonds is 5. The minimum absolute atomic E-state index is 0.220. The van der Waals surface area contributed by atoms with Gasteiger partial charge in [0.15, 0.2) is 0 Å². The van der Waals surface area contributed by atoms with Gasteiger partial charge in [-0.3, -0.25) is 24.1 Å². The summed E-state index contributed by atoms with van der Waals surface area (Å²) in [5, 5.41) is 0.801. The highest BCUT2D eigenvalue weighted by Crippen LogP contribution is 2.39. The van der Waals surface area contributed by atoms with E-state index in [-0.39, 0.29) is 17.7 Å². The van der Waals surface area contributed by atoms with Crippen LogP contribution >= 0.6 is 22.6 Å². The number of amides is 4. The molecule has 4 amide bonds. The van der Waals surface area contributed by atoms with Crippen molar-refractivity contribution in [3.8, 4) is 0 Å². The van der Waals surface area contributed by atoms with E-state index < -0.39 is 11.8 Å². The number of benzene rings is 3. The predicted octanol–water partition coefficient (Wildman–Crippen LogP) is 5.28. The van der Waals surface area contributed by atoms with E-state index in [1.165, 1.54) is 4.90 Å². The summed E-state index contributed by atoms with van der Waals surface area (Å²) < 4.78 is 0.988. The summed E-state index contributed by atoms with van der Waals surface area (Å²) in [6, 6.07) is 13.5. The highest BCUT2D eigenvalue weighted by molar-refractivity contribution is 14.1. The van der Waals surface area contributed by atoms with Gasteiger partial charge in [0, 0.05) is 43.1 Å². The number of carbonyl (C=O) groups is 4. The number of imide groups is 2. The van der Waals surface area contributed by atoms with Crippen LogP contribution in [0.15, 0.2) is 48.5 Å². The van der Waals surface area contributed by atoms with Crippen molar-refractivity contribution < 1.29 is 19.2 Å². The minimum Gasteiger partial charge on any atom is -0.274 e. The highest BCUT2D eigenvalue weighted by Gasteiger charge is 2.40. The van der Waals surface area contributed by atoms with Crippen molar-refractivity contribution in [1.29, 1.82) is 0 Å². The molecule has 0 radical (unpaired) electrons. The first-order valence-corrected chi connectivity index (χ1v) is 12.1. The van der Waals surface area contributed by atoms with Crippen LogP contribution in [-0.2, 0) is 0 Å². The molecule has 2 aliphatic rings. The molecular formula is C26H21IN2O4. The van der Waals surface area contributed by atoms with Crippen LogP contribution in [0.3, 0.4) is 0 Å². The standard InChI is InChI=1S/C26H21IN2O4/c1-3-14(4-2)13-28-23(30)17-9-11-19-22-20(12-10-18(21(17)22)24(28)31)26(33)29(25(19)32)16-7-5-15(27)6-8-16/h5-12,14H,3-4,13H2,1-2H3. The summed E-state index contributed by atoms with van der Waals surface area (Å²) in [5.41, 5.74) is 1.84. The molecule has 6 nitrogen and oxygen atoms in total. The molecule has 3 aromatic carbocycles. The predicted molar refractivity (Wildman–Crippen MR) is 134 cm³/mol. The largest absolute Gasteiger partial charge is 0.274 e. The van der Waals surface area contributed by atoms with E-state index in [0.29, 0.717) is 45.3 Å². The first-order valence-electron chi connectivity index (χ1n) is 11.0. The van der Waals surface area contributed by atoms with Gasteiger partial charge in [-0.15, -0.1) is 0 Å². The van der Waals surface area contributed by atoms with E-state index in [2.05, 4.69) is 22.6 Å². The zero-order valence-corrected chi connectivity index (χ0v) is 20.4. The van der Waals surface area contributed by atoms with E-state index in [4.69, 9.17) is 0 Å². The Labute approximate surface area is 204 Å². The molecule has 2 heterocycles. The Bertz CT molecular complexity index is 1290. The summed E-state index contributed by atoms with van der Waals surface area (Å²) in [5.74, 6) is -1.45. The fraction of sp³-hybridized carbons (Fsp3) is 0.231. The minimum atomic E-state index is -0.461. The smallest absolute Gasteiger partial charge is 0.265 e. The second-order valence-corrected chi connectivity index (χ2v) is 9.64. The third kappa shape index (κ3) is 3.20. The number of halogens is 1. The number of hydrogen-bond donors (Lipinski definition) is 0. The molecule has 0 fully saturated rings. The molecule has 0 N–H and O–H groups in total. The van der Waals surface area contributed by atoms with Gasteiger partial charge in [0.2, 0.25) is 0 Å². The molecule has 0 aromatic heterocycles. The van der Waals surface area contributed by atoms with Gasteiger partial charge in [0.25, 0.3) is 23.6 Å². The molecule has 0 spiro atoms. The van der Waals surface area contributed by atoms with Crippen LogP contribution in [0.4, 0.5) is 5.69 Å². The fourth-order valence-electron chi connectivity index (χ4n) is 4.72. The third-order valence-electron chi connectivity index (χ3n) is 6.66. The van der Waals surface area contributed by atoms with Gasteiger partial charge in [0.05, 0.1) is 5.69 Å². The Morgan fingerprint density at radius 2 is 1.09 bits per heavy atom. The summed E-state index contributed by atoms with van der Waals surface area (Å²) in [6.07, 6.45) is 1.73. The Morgan fingerprint density at radius 1 is 0.667 bits per heavy atom. The van der Waals surface area contributed by atoms with Crippen LogP contribution in [0.2, 0.25) is 0 Å². The number of hydrogen-bond acceptors (Lipinski definition) is 4. The van der Waals surface area contributed by atoms with Gasteiger partial charge in [-0.2, -0.15) is 0 Å². The van der Waals surface area contributed by atoms with E-state index >= 15 is 0 Å². The van der Waals surface area contributed by atoms with Crippen LogP contribution in [0, 0.1) is 9.49 Å². The average Bonchev–Trinajstić information content (AvgIpc) is 2.82. The van der Waals surface area contributed by atoms with Gasteiger partial charge in [-0.25, -0.2) is 4.90 Å². The van der Waals surface area contributed by atoms with Crippen molar-refractivity contribution in [3.05, 3.63) is 74.4 Å². The second kappa shape index (κ2) is 8.06. The average molecular weight is 552 g/mol. The van der Waals surface area contributed by atoms with Gasteiger partial charge < -0.3 is 0 Å². The van der Waals surface area contributed by atoms with Crippen molar-refractivity contribution in [1.82, 2.24) is 4.90 Å². The molecule has 3 aromatic rings. The van der Waals surface area contributed by atoms with E-state index in [0.717, 1.165) is 21.3 Å². The Morgan fingerprint density at radius 3 is 1.52 bits per heavy atom. The molecule has 0 unspecified atom stereocenters. The summed E-state index contributed by atoms with van der Waals surface area (Å²) >= 11 is 2.16. The van der Waals surface area contributed by atoms with E-state index in [1.54, 1.807) is 36.4 Å². The van der Waals surface area contributed by atoms with Crippen molar-refractivity contribution in [2.75, 3.05) is 11.4 Å². The molecule has 0 atom stereocenters. The molecular weight excluding hydrogens is 531 g/mol. The summed E-state index contributed by atoms with van der Waals surface area (Å²) in [7, 11) is 0. The Kier molecular flexibility index (Phi) is 5.31. The van der Waals surface area contributed by atoms with Crippen LogP contribution in [0.1, 0.15) is 68.1 Å². The lowest BCUT2D eigenvalue weighted by atomic mass is 9.85. The topological polar surface area (TPSA) is 74.8 Å². The van der Waals surface area contributed by atoms with Crippen molar-refractivity contribution >= 4 is 62.7 Å². The van der Waals surface area contributed by atoms with Gasteiger partial charge in [-0.05, 0) is 77.0 Å². The maximum absolute atomic E-state index is 13.4. The summed E-state index contributed by atoms with van der Waals surface area (Å²) in [6.45, 7) is 4.44. The zero-order chi connectivity index (χ0) is 23.4. The van der Waals surface area contributed by atoms with Crippen LogP contribution < -0.4 is 4.90 Å². The van der Waals surface area contributed by atoms with E-state index in [1.807, 2.05) is 26.0 Å². The van der Waals surface area contributed by atoms with Gasteiger partial charge >= 0.3 is 0 Å². The lowest BCUT2D eigenvalue weighted by Crippen LogP contribution is -2.44. The molecule has 0 saturated heterocycles. The van der Waals surface area contributed by atoms with Gasteiger partial charge in [0.1, 0.15) is 0 Å². The Hall–Kier alpha value is -3.07. The first-order chi connectivity index (χ1) is 15.9. The monoisotopic (exact) mass is 552 g/mol. The number of nitrogens with zero attached hydrogens (tertiary/aromatic N) is 2. The van der Waals surface area contributed by atoms with Crippen molar-refractivity contribution in [3.63, 3.8) is 0 Å². The molecule has 7 heteroatoms. The third-order valence-corrected chi connectivity index (χ3v) is 7.38. The lowest BCUT2D eigenvalue weighted by molar-refractivity contribution is 0.0581. The van der Waals surface area contributed by atoms with Crippen molar-refractivity contribution in [2.24, 2.45) is 5.92 Å². The molecule has 5 rings (SSSR count). The maximum Gasteiger partial charge on any atom is 0.265 e. The quantitative estimate of drug-likeness (QED) is 0.319. The number of anilines is 1. The SMILES string of the molecule is CCC(CC)CN1C(=O)c2ccc3c4c(ccc(c24)C1=O)C(=O)N(c1ccc(I)cc1)C3=O. The molecule has 166 valence electrons. The van der Waals surface area contributed by atoms with E-state index in [9.17, 15) is 19.2 Å². The van der Waals surface area contributed by atoms with Crippen molar-refractivity contribution in [2.45, 2.75) is 26.7 Å². The first kappa shape index (κ1) is 21.8.